The normalized spacial score (nSPS) is 16.1. The first-order chi connectivity index (χ1) is 14.0. The number of halogens is 1. The van der Waals surface area contributed by atoms with Gasteiger partial charge in [-0.3, -0.25) is 0 Å². The van der Waals surface area contributed by atoms with Gasteiger partial charge in [-0.15, -0.1) is 10.2 Å². The molecule has 0 saturated carbocycles. The van der Waals surface area contributed by atoms with E-state index in [2.05, 4.69) is 10.2 Å². The second-order valence-electron chi connectivity index (χ2n) is 6.78. The Bertz CT molecular complexity index is 1090. The lowest BCUT2D eigenvalue weighted by atomic mass is 9.98. The third kappa shape index (κ3) is 3.88. The number of piperidine rings is 1. The molecule has 1 aliphatic rings. The molecule has 7 nitrogen and oxygen atoms in total. The maximum Gasteiger partial charge on any atom is 0.247 e. The predicted octanol–water partition coefficient (Wildman–Crippen LogP) is 3.45. The molecule has 1 aliphatic heterocycles. The van der Waals surface area contributed by atoms with Crippen LogP contribution in [0.3, 0.4) is 0 Å². The van der Waals surface area contributed by atoms with Crippen molar-refractivity contribution in [2.75, 3.05) is 20.2 Å². The van der Waals surface area contributed by atoms with Crippen LogP contribution in [0.4, 0.5) is 4.39 Å². The van der Waals surface area contributed by atoms with Crippen molar-refractivity contribution in [2.45, 2.75) is 23.7 Å². The number of rotatable bonds is 5. The van der Waals surface area contributed by atoms with Crippen LogP contribution in [-0.2, 0) is 10.0 Å². The van der Waals surface area contributed by atoms with Crippen LogP contribution in [0.25, 0.3) is 11.5 Å². The fourth-order valence-corrected chi connectivity index (χ4v) is 5.05. The maximum absolute atomic E-state index is 13.1. The number of aromatic nitrogens is 2. The summed E-state index contributed by atoms with van der Waals surface area (Å²) in [5, 5.41) is 8.15. The molecule has 0 atom stereocenters. The summed E-state index contributed by atoms with van der Waals surface area (Å²) in [4.78, 5) is 0.164. The lowest BCUT2D eigenvalue weighted by molar-refractivity contribution is 0.290. The zero-order valence-corrected chi connectivity index (χ0v) is 16.6. The van der Waals surface area contributed by atoms with E-state index in [-0.39, 0.29) is 16.6 Å². The largest absolute Gasteiger partial charge is 0.495 e. The Morgan fingerprint density at radius 1 is 1.07 bits per heavy atom. The van der Waals surface area contributed by atoms with Crippen LogP contribution in [0, 0.1) is 5.82 Å². The standard InChI is InChI=1S/C20H20FN3O4S/c1-27-17-4-2-3-5-18(17)29(25,26)24-12-10-15(11-13-24)20-23-22-19(28-20)14-6-8-16(21)9-7-14/h2-9,15H,10-13H2,1H3. The first kappa shape index (κ1) is 19.5. The van der Waals surface area contributed by atoms with Gasteiger partial charge in [0.25, 0.3) is 0 Å². The summed E-state index contributed by atoms with van der Waals surface area (Å²) >= 11 is 0. The average Bonchev–Trinajstić information content (AvgIpc) is 3.24. The molecule has 1 fully saturated rings. The molecule has 29 heavy (non-hydrogen) atoms. The average molecular weight is 417 g/mol. The molecule has 3 aromatic rings. The molecule has 1 aromatic heterocycles. The molecule has 1 saturated heterocycles. The molecule has 4 rings (SSSR count). The topological polar surface area (TPSA) is 85.5 Å². The summed E-state index contributed by atoms with van der Waals surface area (Å²) in [6.07, 6.45) is 1.14. The highest BCUT2D eigenvalue weighted by Crippen LogP contribution is 2.33. The number of benzene rings is 2. The van der Waals surface area contributed by atoms with E-state index in [1.165, 1.54) is 23.5 Å². The van der Waals surface area contributed by atoms with Gasteiger partial charge in [0.2, 0.25) is 21.8 Å². The van der Waals surface area contributed by atoms with Crippen molar-refractivity contribution in [1.82, 2.24) is 14.5 Å². The third-order valence-electron chi connectivity index (χ3n) is 5.02. The van der Waals surface area contributed by atoms with Gasteiger partial charge >= 0.3 is 0 Å². The van der Waals surface area contributed by atoms with Gasteiger partial charge in [0, 0.05) is 24.6 Å². The lowest BCUT2D eigenvalue weighted by Crippen LogP contribution is -2.38. The lowest BCUT2D eigenvalue weighted by Gasteiger charge is -2.30. The SMILES string of the molecule is COc1ccccc1S(=O)(=O)N1CCC(c2nnc(-c3ccc(F)cc3)o2)CC1. The molecule has 0 bridgehead atoms. The molecule has 0 radical (unpaired) electrons. The Balaban J connectivity index is 1.46. The molecule has 0 unspecified atom stereocenters. The Kier molecular flexibility index (Phi) is 5.33. The summed E-state index contributed by atoms with van der Waals surface area (Å²) in [6, 6.07) is 12.4. The van der Waals surface area contributed by atoms with E-state index in [1.807, 2.05) is 0 Å². The monoisotopic (exact) mass is 417 g/mol. The molecule has 0 N–H and O–H groups in total. The summed E-state index contributed by atoms with van der Waals surface area (Å²) in [6.45, 7) is 0.693. The molecular formula is C20H20FN3O4S. The van der Waals surface area contributed by atoms with E-state index < -0.39 is 10.0 Å². The number of sulfonamides is 1. The van der Waals surface area contributed by atoms with Crippen molar-refractivity contribution in [1.29, 1.82) is 0 Å². The first-order valence-electron chi connectivity index (χ1n) is 9.21. The van der Waals surface area contributed by atoms with Gasteiger partial charge in [-0.25, -0.2) is 12.8 Å². The number of hydrogen-bond acceptors (Lipinski definition) is 6. The van der Waals surface area contributed by atoms with Gasteiger partial charge in [-0.1, -0.05) is 12.1 Å². The molecule has 0 spiro atoms. The van der Waals surface area contributed by atoms with Crippen LogP contribution < -0.4 is 4.74 Å². The van der Waals surface area contributed by atoms with E-state index in [0.717, 1.165) is 0 Å². The van der Waals surface area contributed by atoms with Crippen LogP contribution >= 0.6 is 0 Å². The minimum Gasteiger partial charge on any atom is -0.495 e. The molecule has 0 aliphatic carbocycles. The van der Waals surface area contributed by atoms with Crippen LogP contribution in [0.15, 0.2) is 57.8 Å². The first-order valence-corrected chi connectivity index (χ1v) is 10.7. The highest BCUT2D eigenvalue weighted by molar-refractivity contribution is 7.89. The molecule has 2 aromatic carbocycles. The smallest absolute Gasteiger partial charge is 0.247 e. The van der Waals surface area contributed by atoms with E-state index >= 15 is 0 Å². The van der Waals surface area contributed by atoms with Crippen LogP contribution in [0.1, 0.15) is 24.7 Å². The van der Waals surface area contributed by atoms with Crippen LogP contribution in [-0.4, -0.2) is 43.1 Å². The Labute approximate surface area is 168 Å². The molecule has 2 heterocycles. The number of methoxy groups -OCH3 is 1. The summed E-state index contributed by atoms with van der Waals surface area (Å²) < 4.78 is 51.5. The van der Waals surface area contributed by atoms with Crippen molar-refractivity contribution < 1.29 is 22.0 Å². The van der Waals surface area contributed by atoms with Crippen LogP contribution in [0.5, 0.6) is 5.75 Å². The number of nitrogens with zero attached hydrogens (tertiary/aromatic N) is 3. The van der Waals surface area contributed by atoms with Crippen molar-refractivity contribution in [3.63, 3.8) is 0 Å². The van der Waals surface area contributed by atoms with Gasteiger partial charge in [-0.2, -0.15) is 4.31 Å². The van der Waals surface area contributed by atoms with Gasteiger partial charge in [-0.05, 0) is 49.2 Å². The fourth-order valence-electron chi connectivity index (χ4n) is 3.42. The summed E-state index contributed by atoms with van der Waals surface area (Å²) in [7, 11) is -2.19. The van der Waals surface area contributed by atoms with Crippen molar-refractivity contribution in [3.05, 3.63) is 60.2 Å². The number of ether oxygens (including phenoxy) is 1. The van der Waals surface area contributed by atoms with E-state index in [4.69, 9.17) is 9.15 Å². The van der Waals surface area contributed by atoms with Gasteiger partial charge in [0.1, 0.15) is 16.5 Å². The van der Waals surface area contributed by atoms with E-state index in [1.54, 1.807) is 36.4 Å². The van der Waals surface area contributed by atoms with Crippen LogP contribution in [0.2, 0.25) is 0 Å². The molecule has 152 valence electrons. The predicted molar refractivity (Wildman–Crippen MR) is 103 cm³/mol. The Hall–Kier alpha value is -2.78. The number of hydrogen-bond donors (Lipinski definition) is 0. The third-order valence-corrected chi connectivity index (χ3v) is 6.96. The van der Waals surface area contributed by atoms with E-state index in [0.29, 0.717) is 49.0 Å². The molecular weight excluding hydrogens is 397 g/mol. The summed E-state index contributed by atoms with van der Waals surface area (Å²) in [5.41, 5.74) is 0.640. The Morgan fingerprint density at radius 3 is 2.45 bits per heavy atom. The zero-order chi connectivity index (χ0) is 20.4. The maximum atomic E-state index is 13.1. The van der Waals surface area contributed by atoms with Gasteiger partial charge in [0.15, 0.2) is 0 Å². The van der Waals surface area contributed by atoms with E-state index in [9.17, 15) is 12.8 Å². The highest BCUT2D eigenvalue weighted by Gasteiger charge is 2.33. The highest BCUT2D eigenvalue weighted by atomic mass is 32.2. The minimum atomic E-state index is -3.65. The number of para-hydroxylation sites is 1. The Morgan fingerprint density at radius 2 is 1.76 bits per heavy atom. The van der Waals surface area contributed by atoms with Gasteiger partial charge in [0.05, 0.1) is 7.11 Å². The summed E-state index contributed by atoms with van der Waals surface area (Å²) in [5.74, 6) is 0.760. The second-order valence-corrected chi connectivity index (χ2v) is 8.69. The van der Waals surface area contributed by atoms with Gasteiger partial charge < -0.3 is 9.15 Å². The van der Waals surface area contributed by atoms with Crippen molar-refractivity contribution in [3.8, 4) is 17.2 Å². The zero-order valence-electron chi connectivity index (χ0n) is 15.8. The van der Waals surface area contributed by atoms with Crippen molar-refractivity contribution in [2.24, 2.45) is 0 Å². The van der Waals surface area contributed by atoms with Crippen molar-refractivity contribution >= 4 is 10.0 Å². The molecule has 0 amide bonds. The molecule has 9 heteroatoms. The minimum absolute atomic E-state index is 0.0270. The fraction of sp³-hybridized carbons (Fsp3) is 0.300. The second kappa shape index (κ2) is 7.92. The quantitative estimate of drug-likeness (QED) is 0.632.